The molecule has 2 rings (SSSR count). The summed E-state index contributed by atoms with van der Waals surface area (Å²) in [6, 6.07) is 1.41. The number of aryl methyl sites for hydroxylation is 1. The zero-order valence-electron chi connectivity index (χ0n) is 6.92. The summed E-state index contributed by atoms with van der Waals surface area (Å²) in [5.41, 5.74) is 0.763. The first-order chi connectivity index (χ1) is 6.18. The highest BCUT2D eigenvalue weighted by Gasteiger charge is 2.20. The van der Waals surface area contributed by atoms with Gasteiger partial charge in [0.15, 0.2) is 5.82 Å². The van der Waals surface area contributed by atoms with Crippen LogP contribution in [-0.2, 0) is 6.42 Å². The predicted octanol–water partition coefficient (Wildman–Crippen LogP) is 0.824. The molecular formula is C8H9FN4. The molecule has 0 saturated carbocycles. The smallest absolute Gasteiger partial charge is 0.151 e. The Bertz CT molecular complexity index is 363. The number of pyridine rings is 1. The van der Waals surface area contributed by atoms with Gasteiger partial charge in [0, 0.05) is 6.42 Å². The molecule has 0 amide bonds. The van der Waals surface area contributed by atoms with Crippen LogP contribution in [0.1, 0.15) is 12.0 Å². The van der Waals surface area contributed by atoms with E-state index in [2.05, 4.69) is 4.98 Å². The quantitative estimate of drug-likeness (QED) is 0.581. The fourth-order valence-corrected chi connectivity index (χ4v) is 1.38. The van der Waals surface area contributed by atoms with Crippen LogP contribution in [0.2, 0.25) is 0 Å². The molecule has 2 heterocycles. The van der Waals surface area contributed by atoms with Gasteiger partial charge in [0.05, 0.1) is 6.20 Å². The number of rotatable bonds is 0. The van der Waals surface area contributed by atoms with Gasteiger partial charge >= 0.3 is 0 Å². The monoisotopic (exact) mass is 180 g/mol. The minimum Gasteiger partial charge on any atom is -0.287 e. The molecule has 1 aliphatic heterocycles. The number of halogens is 1. The van der Waals surface area contributed by atoms with Crippen LogP contribution in [0.15, 0.2) is 12.3 Å². The predicted molar refractivity (Wildman–Crippen MR) is 46.9 cm³/mol. The molecule has 0 atom stereocenters. The van der Waals surface area contributed by atoms with E-state index in [1.54, 1.807) is 0 Å². The molecular weight excluding hydrogens is 171 g/mol. The normalized spacial score (nSPS) is 15.8. The van der Waals surface area contributed by atoms with Crippen molar-refractivity contribution in [1.82, 2.24) is 4.98 Å². The minimum atomic E-state index is -0.361. The average Bonchev–Trinajstić information content (AvgIpc) is 2.12. The lowest BCUT2D eigenvalue weighted by Crippen LogP contribution is -2.41. The maximum absolute atomic E-state index is 12.7. The summed E-state index contributed by atoms with van der Waals surface area (Å²) in [6.45, 7) is 0. The molecule has 13 heavy (non-hydrogen) atoms. The maximum atomic E-state index is 12.7. The van der Waals surface area contributed by atoms with Crippen LogP contribution in [0.3, 0.4) is 0 Å². The number of anilines is 1. The number of fused-ring (bicyclic) bond motifs is 1. The Morgan fingerprint density at radius 2 is 2.31 bits per heavy atom. The van der Waals surface area contributed by atoms with E-state index in [4.69, 9.17) is 11.3 Å². The lowest BCUT2D eigenvalue weighted by atomic mass is 10.1. The summed E-state index contributed by atoms with van der Waals surface area (Å²) in [6.07, 6.45) is 2.28. The number of hydrazine groups is 1. The van der Waals surface area contributed by atoms with E-state index in [9.17, 15) is 4.39 Å². The van der Waals surface area contributed by atoms with Gasteiger partial charge in [0.1, 0.15) is 11.7 Å². The zero-order chi connectivity index (χ0) is 9.42. The first-order valence-corrected chi connectivity index (χ1v) is 3.95. The Kier molecular flexibility index (Phi) is 1.73. The molecule has 1 aliphatic rings. The van der Waals surface area contributed by atoms with Gasteiger partial charge in [0.2, 0.25) is 0 Å². The van der Waals surface area contributed by atoms with Crippen LogP contribution in [0.5, 0.6) is 0 Å². The first-order valence-electron chi connectivity index (χ1n) is 3.95. The van der Waals surface area contributed by atoms with E-state index in [0.717, 1.165) is 11.8 Å². The molecule has 0 aliphatic carbocycles. The second-order valence-electron chi connectivity index (χ2n) is 2.95. The summed E-state index contributed by atoms with van der Waals surface area (Å²) < 4.78 is 12.7. The molecule has 0 unspecified atom stereocenters. The molecule has 0 aromatic carbocycles. The van der Waals surface area contributed by atoms with E-state index in [1.807, 2.05) is 0 Å². The third-order valence-corrected chi connectivity index (χ3v) is 2.06. The van der Waals surface area contributed by atoms with Gasteiger partial charge in [0.25, 0.3) is 0 Å². The average molecular weight is 180 g/mol. The molecule has 0 saturated heterocycles. The van der Waals surface area contributed by atoms with Crippen molar-refractivity contribution in [3.8, 4) is 0 Å². The summed E-state index contributed by atoms with van der Waals surface area (Å²) in [7, 11) is 0. The van der Waals surface area contributed by atoms with Gasteiger partial charge in [-0.05, 0) is 18.1 Å². The third kappa shape index (κ3) is 1.27. The number of nitrogens with one attached hydrogen (secondary N) is 1. The van der Waals surface area contributed by atoms with Crippen molar-refractivity contribution in [2.75, 3.05) is 5.01 Å². The zero-order valence-corrected chi connectivity index (χ0v) is 6.92. The molecule has 5 heteroatoms. The number of hydrogen-bond acceptors (Lipinski definition) is 3. The molecule has 0 radical (unpaired) electrons. The van der Waals surface area contributed by atoms with E-state index in [-0.39, 0.29) is 5.82 Å². The third-order valence-electron chi connectivity index (χ3n) is 2.06. The van der Waals surface area contributed by atoms with Gasteiger partial charge < -0.3 is 0 Å². The van der Waals surface area contributed by atoms with Gasteiger partial charge in [-0.25, -0.2) is 20.2 Å². The topological polar surface area (TPSA) is 66.0 Å². The number of nitrogens with two attached hydrogens (primary N) is 1. The van der Waals surface area contributed by atoms with E-state index in [0.29, 0.717) is 24.5 Å². The van der Waals surface area contributed by atoms with Crippen LogP contribution in [0.25, 0.3) is 0 Å². The van der Waals surface area contributed by atoms with Crippen molar-refractivity contribution in [3.05, 3.63) is 23.6 Å². The van der Waals surface area contributed by atoms with E-state index >= 15 is 0 Å². The lowest BCUT2D eigenvalue weighted by Gasteiger charge is -2.25. The van der Waals surface area contributed by atoms with Crippen LogP contribution in [-0.4, -0.2) is 10.8 Å². The Labute approximate surface area is 74.7 Å². The fourth-order valence-electron chi connectivity index (χ4n) is 1.38. The second kappa shape index (κ2) is 2.77. The van der Waals surface area contributed by atoms with Crippen LogP contribution in [0.4, 0.5) is 10.2 Å². The van der Waals surface area contributed by atoms with Crippen LogP contribution < -0.4 is 10.9 Å². The maximum Gasteiger partial charge on any atom is 0.151 e. The number of amidine groups is 1. The number of nitrogens with zero attached hydrogens (tertiary/aromatic N) is 2. The molecule has 1 aromatic heterocycles. The van der Waals surface area contributed by atoms with Gasteiger partial charge in [-0.3, -0.25) is 5.41 Å². The Balaban J connectivity index is 2.49. The van der Waals surface area contributed by atoms with Crippen molar-refractivity contribution in [1.29, 1.82) is 5.41 Å². The highest BCUT2D eigenvalue weighted by Crippen LogP contribution is 2.23. The Morgan fingerprint density at radius 3 is 3.08 bits per heavy atom. The summed E-state index contributed by atoms with van der Waals surface area (Å²) in [5, 5.41) is 8.64. The summed E-state index contributed by atoms with van der Waals surface area (Å²) >= 11 is 0. The number of aromatic nitrogens is 1. The van der Waals surface area contributed by atoms with E-state index < -0.39 is 0 Å². The minimum absolute atomic E-state index is 0.312. The highest BCUT2D eigenvalue weighted by molar-refractivity contribution is 5.96. The molecule has 0 fully saturated rings. The molecule has 68 valence electrons. The largest absolute Gasteiger partial charge is 0.287 e. The van der Waals surface area contributed by atoms with Crippen molar-refractivity contribution in [3.63, 3.8) is 0 Å². The standard InChI is InChI=1S/C8H9FN4/c9-6-3-5-1-2-7(10)13(11)8(5)12-4-6/h3-4,10H,1-2,11H2. The summed E-state index contributed by atoms with van der Waals surface area (Å²) in [4.78, 5) is 3.84. The highest BCUT2D eigenvalue weighted by atomic mass is 19.1. The second-order valence-corrected chi connectivity index (χ2v) is 2.95. The molecule has 0 spiro atoms. The number of hydrogen-bond donors (Lipinski definition) is 2. The molecule has 4 nitrogen and oxygen atoms in total. The van der Waals surface area contributed by atoms with Gasteiger partial charge in [-0.1, -0.05) is 0 Å². The van der Waals surface area contributed by atoms with Crippen molar-refractivity contribution < 1.29 is 4.39 Å². The Hall–Kier alpha value is -1.49. The van der Waals surface area contributed by atoms with Crippen molar-refractivity contribution >= 4 is 11.7 Å². The molecule has 1 aromatic rings. The van der Waals surface area contributed by atoms with E-state index in [1.165, 1.54) is 11.1 Å². The van der Waals surface area contributed by atoms with Crippen LogP contribution >= 0.6 is 0 Å². The lowest BCUT2D eigenvalue weighted by molar-refractivity contribution is 0.617. The first kappa shape index (κ1) is 8.12. The van der Waals surface area contributed by atoms with Crippen molar-refractivity contribution in [2.45, 2.75) is 12.8 Å². The molecule has 0 bridgehead atoms. The van der Waals surface area contributed by atoms with Crippen molar-refractivity contribution in [2.24, 2.45) is 5.84 Å². The van der Waals surface area contributed by atoms with Crippen LogP contribution in [0, 0.1) is 11.2 Å². The fraction of sp³-hybridized carbons (Fsp3) is 0.250. The Morgan fingerprint density at radius 1 is 1.54 bits per heavy atom. The van der Waals surface area contributed by atoms with Gasteiger partial charge in [-0.15, -0.1) is 0 Å². The van der Waals surface area contributed by atoms with Gasteiger partial charge in [-0.2, -0.15) is 0 Å². The SMILES string of the molecule is N=C1CCc2cc(F)cnc2N1N. The summed E-state index contributed by atoms with van der Waals surface area (Å²) in [5.74, 6) is 6.00. The molecule has 3 N–H and O–H groups in total.